The first kappa shape index (κ1) is 18.0. The summed E-state index contributed by atoms with van der Waals surface area (Å²) in [5.74, 6) is 0.610. The summed E-state index contributed by atoms with van der Waals surface area (Å²) < 4.78 is 24.1. The summed E-state index contributed by atoms with van der Waals surface area (Å²) in [7, 11) is 0. The molecule has 0 unspecified atom stereocenters. The third-order valence-corrected chi connectivity index (χ3v) is 3.58. The standard InChI is InChI=1S/C18H19FN4O3/c1-2-25-11-13(24)10-21-16-8-7-12(9-20-16)18-22-17(23-26-18)14-5-3-4-6-15(14)19/h3-9,13,24H,2,10-11H2,1H3,(H,20,21)/t13-/m1/s1. The second-order valence-electron chi connectivity index (χ2n) is 5.53. The monoisotopic (exact) mass is 358 g/mol. The molecule has 0 aliphatic heterocycles. The van der Waals surface area contributed by atoms with Gasteiger partial charge in [-0.2, -0.15) is 4.98 Å². The summed E-state index contributed by atoms with van der Waals surface area (Å²) in [5, 5.41) is 16.6. The molecule has 0 saturated carbocycles. The summed E-state index contributed by atoms with van der Waals surface area (Å²) in [6.45, 7) is 3.02. The average molecular weight is 358 g/mol. The van der Waals surface area contributed by atoms with Crippen molar-refractivity contribution in [3.63, 3.8) is 0 Å². The Labute approximate surface area is 149 Å². The van der Waals surface area contributed by atoms with Gasteiger partial charge in [-0.25, -0.2) is 9.37 Å². The molecule has 2 N–H and O–H groups in total. The minimum atomic E-state index is -0.615. The van der Waals surface area contributed by atoms with Gasteiger partial charge >= 0.3 is 0 Å². The Balaban J connectivity index is 1.65. The number of aromatic nitrogens is 3. The van der Waals surface area contributed by atoms with Gasteiger partial charge in [0.15, 0.2) is 0 Å². The normalized spacial score (nSPS) is 12.1. The van der Waals surface area contributed by atoms with E-state index in [0.29, 0.717) is 24.5 Å². The van der Waals surface area contributed by atoms with Crippen LogP contribution in [0.3, 0.4) is 0 Å². The Hall–Kier alpha value is -2.84. The van der Waals surface area contributed by atoms with Crippen molar-refractivity contribution < 1.29 is 18.8 Å². The lowest BCUT2D eigenvalue weighted by atomic mass is 10.2. The molecular weight excluding hydrogens is 339 g/mol. The second kappa shape index (κ2) is 8.50. The molecule has 3 rings (SSSR count). The molecule has 0 bridgehead atoms. The van der Waals surface area contributed by atoms with Crippen LogP contribution in [-0.2, 0) is 4.74 Å². The number of aliphatic hydroxyl groups is 1. The number of nitrogens with zero attached hydrogens (tertiary/aromatic N) is 3. The zero-order valence-corrected chi connectivity index (χ0v) is 14.2. The average Bonchev–Trinajstić information content (AvgIpc) is 3.15. The van der Waals surface area contributed by atoms with Gasteiger partial charge in [0.25, 0.3) is 5.89 Å². The van der Waals surface area contributed by atoms with E-state index in [2.05, 4.69) is 20.4 Å². The highest BCUT2D eigenvalue weighted by Crippen LogP contribution is 2.24. The molecule has 7 nitrogen and oxygen atoms in total. The lowest BCUT2D eigenvalue weighted by molar-refractivity contribution is 0.0495. The molecule has 0 aliphatic rings. The first-order valence-electron chi connectivity index (χ1n) is 8.22. The highest BCUT2D eigenvalue weighted by Gasteiger charge is 2.14. The van der Waals surface area contributed by atoms with Crippen LogP contribution in [0.25, 0.3) is 22.8 Å². The third-order valence-electron chi connectivity index (χ3n) is 3.58. The SMILES string of the molecule is CCOC[C@H](O)CNc1ccc(-c2nc(-c3ccccc3F)no2)cn1. The number of hydrogen-bond acceptors (Lipinski definition) is 7. The van der Waals surface area contributed by atoms with Gasteiger partial charge in [-0.05, 0) is 31.2 Å². The molecule has 136 valence electrons. The van der Waals surface area contributed by atoms with Crippen molar-refractivity contribution in [2.75, 3.05) is 25.1 Å². The molecule has 0 saturated heterocycles. The number of benzene rings is 1. The molecule has 0 radical (unpaired) electrons. The van der Waals surface area contributed by atoms with Gasteiger partial charge in [0.2, 0.25) is 5.82 Å². The molecule has 0 amide bonds. The molecule has 3 aromatic rings. The Morgan fingerprint density at radius 2 is 2.12 bits per heavy atom. The van der Waals surface area contributed by atoms with Crippen LogP contribution in [0.1, 0.15) is 6.92 Å². The molecule has 1 aromatic carbocycles. The fourth-order valence-corrected chi connectivity index (χ4v) is 2.25. The minimum absolute atomic E-state index is 0.180. The maximum Gasteiger partial charge on any atom is 0.259 e. The number of anilines is 1. The number of halogens is 1. The van der Waals surface area contributed by atoms with Crippen LogP contribution in [0.5, 0.6) is 0 Å². The molecule has 0 spiro atoms. The van der Waals surface area contributed by atoms with Crippen molar-refractivity contribution in [2.24, 2.45) is 0 Å². The van der Waals surface area contributed by atoms with Gasteiger partial charge in [-0.15, -0.1) is 0 Å². The number of rotatable bonds is 8. The molecule has 26 heavy (non-hydrogen) atoms. The van der Waals surface area contributed by atoms with Gasteiger partial charge in [0, 0.05) is 19.3 Å². The zero-order chi connectivity index (χ0) is 18.4. The van der Waals surface area contributed by atoms with Crippen LogP contribution >= 0.6 is 0 Å². The van der Waals surface area contributed by atoms with Crippen LogP contribution in [-0.4, -0.2) is 46.1 Å². The fraction of sp³-hybridized carbons (Fsp3) is 0.278. The lowest BCUT2D eigenvalue weighted by Gasteiger charge is -2.11. The van der Waals surface area contributed by atoms with E-state index >= 15 is 0 Å². The minimum Gasteiger partial charge on any atom is -0.389 e. The van der Waals surface area contributed by atoms with E-state index in [1.807, 2.05) is 6.92 Å². The summed E-state index contributed by atoms with van der Waals surface area (Å²) in [5.41, 5.74) is 0.887. The summed E-state index contributed by atoms with van der Waals surface area (Å²) >= 11 is 0. The molecule has 0 fully saturated rings. The van der Waals surface area contributed by atoms with Gasteiger partial charge in [0.1, 0.15) is 11.6 Å². The predicted octanol–water partition coefficient (Wildman–Crippen LogP) is 2.75. The summed E-state index contributed by atoms with van der Waals surface area (Å²) in [4.78, 5) is 8.46. The van der Waals surface area contributed by atoms with Gasteiger partial charge in [0.05, 0.1) is 23.8 Å². The molecule has 0 aliphatic carbocycles. The number of aliphatic hydroxyl groups excluding tert-OH is 1. The maximum atomic E-state index is 13.8. The maximum absolute atomic E-state index is 13.8. The quantitative estimate of drug-likeness (QED) is 0.639. The number of pyridine rings is 1. The number of hydrogen-bond donors (Lipinski definition) is 2. The van der Waals surface area contributed by atoms with E-state index in [0.717, 1.165) is 0 Å². The van der Waals surface area contributed by atoms with Gasteiger partial charge < -0.3 is 19.7 Å². The predicted molar refractivity (Wildman–Crippen MR) is 93.9 cm³/mol. The largest absolute Gasteiger partial charge is 0.389 e. The van der Waals surface area contributed by atoms with Crippen molar-refractivity contribution in [1.29, 1.82) is 0 Å². The van der Waals surface area contributed by atoms with E-state index in [4.69, 9.17) is 9.26 Å². The van der Waals surface area contributed by atoms with Crippen LogP contribution in [0, 0.1) is 5.82 Å². The van der Waals surface area contributed by atoms with Crippen molar-refractivity contribution >= 4 is 5.82 Å². The van der Waals surface area contributed by atoms with Crippen molar-refractivity contribution in [3.8, 4) is 22.8 Å². The van der Waals surface area contributed by atoms with Crippen molar-refractivity contribution in [1.82, 2.24) is 15.1 Å². The third kappa shape index (κ3) is 4.41. The van der Waals surface area contributed by atoms with Gasteiger partial charge in [-0.1, -0.05) is 17.3 Å². The highest BCUT2D eigenvalue weighted by atomic mass is 19.1. The highest BCUT2D eigenvalue weighted by molar-refractivity contribution is 5.60. The van der Waals surface area contributed by atoms with Crippen molar-refractivity contribution in [3.05, 3.63) is 48.4 Å². The number of nitrogens with one attached hydrogen (secondary N) is 1. The van der Waals surface area contributed by atoms with Crippen molar-refractivity contribution in [2.45, 2.75) is 13.0 Å². The first-order valence-corrected chi connectivity index (χ1v) is 8.22. The fourth-order valence-electron chi connectivity index (χ4n) is 2.25. The van der Waals surface area contributed by atoms with E-state index in [-0.39, 0.29) is 23.9 Å². The molecule has 8 heteroatoms. The second-order valence-corrected chi connectivity index (χ2v) is 5.53. The van der Waals surface area contributed by atoms with Gasteiger partial charge in [-0.3, -0.25) is 0 Å². The molecular formula is C18H19FN4O3. The summed E-state index contributed by atoms with van der Waals surface area (Å²) in [6.07, 6.45) is 0.950. The van der Waals surface area contributed by atoms with E-state index < -0.39 is 11.9 Å². The van der Waals surface area contributed by atoms with E-state index in [9.17, 15) is 9.50 Å². The van der Waals surface area contributed by atoms with Crippen LogP contribution < -0.4 is 5.32 Å². The van der Waals surface area contributed by atoms with Crippen LogP contribution in [0.4, 0.5) is 10.2 Å². The Kier molecular flexibility index (Phi) is 5.88. The Morgan fingerprint density at radius 3 is 2.85 bits per heavy atom. The Morgan fingerprint density at radius 1 is 1.27 bits per heavy atom. The molecule has 2 aromatic heterocycles. The molecule has 2 heterocycles. The Bertz CT molecular complexity index is 838. The lowest BCUT2D eigenvalue weighted by Crippen LogP contribution is -2.25. The molecule has 1 atom stereocenters. The zero-order valence-electron chi connectivity index (χ0n) is 14.2. The van der Waals surface area contributed by atoms with Crippen LogP contribution in [0.15, 0.2) is 47.1 Å². The number of ether oxygens (including phenoxy) is 1. The topological polar surface area (TPSA) is 93.3 Å². The smallest absolute Gasteiger partial charge is 0.259 e. The van der Waals surface area contributed by atoms with Crippen LogP contribution in [0.2, 0.25) is 0 Å². The van der Waals surface area contributed by atoms with E-state index in [1.54, 1.807) is 36.5 Å². The van der Waals surface area contributed by atoms with E-state index in [1.165, 1.54) is 6.07 Å². The first-order chi connectivity index (χ1) is 12.7. The summed E-state index contributed by atoms with van der Waals surface area (Å²) in [6, 6.07) is 9.71.